The van der Waals surface area contributed by atoms with Crippen LogP contribution in [-0.2, 0) is 14.3 Å². The van der Waals surface area contributed by atoms with Gasteiger partial charge < -0.3 is 14.8 Å². The number of ether oxygens (including phenoxy) is 2. The molecule has 0 spiro atoms. The molecule has 2 aromatic carbocycles. The minimum absolute atomic E-state index is 0.224. The van der Waals surface area contributed by atoms with Crippen molar-refractivity contribution in [2.75, 3.05) is 11.9 Å². The van der Waals surface area contributed by atoms with Crippen LogP contribution in [0.3, 0.4) is 0 Å². The molecule has 2 rings (SSSR count). The van der Waals surface area contributed by atoms with Crippen LogP contribution in [0.5, 0.6) is 5.75 Å². The first-order valence-electron chi connectivity index (χ1n) is 8.20. The number of rotatable bonds is 6. The molecule has 1 amide bonds. The van der Waals surface area contributed by atoms with Crippen LogP contribution in [0.2, 0.25) is 5.02 Å². The van der Waals surface area contributed by atoms with E-state index in [2.05, 4.69) is 5.32 Å². The number of nitrogens with one attached hydrogen (secondary N) is 1. The topological polar surface area (TPSA) is 88.4 Å². The van der Waals surface area contributed by atoms with Crippen LogP contribution < -0.4 is 10.1 Å². The number of hydrogen-bond donors (Lipinski definition) is 1. The summed E-state index contributed by atoms with van der Waals surface area (Å²) in [5.74, 6) is -0.580. The van der Waals surface area contributed by atoms with E-state index in [4.69, 9.17) is 26.3 Å². The molecule has 0 heterocycles. The predicted octanol–water partition coefficient (Wildman–Crippen LogP) is 3.78. The average Bonchev–Trinajstić information content (AvgIpc) is 2.62. The second-order valence-corrected chi connectivity index (χ2v) is 6.39. The van der Waals surface area contributed by atoms with Gasteiger partial charge in [-0.1, -0.05) is 23.7 Å². The van der Waals surface area contributed by atoms with Crippen molar-refractivity contribution in [3.05, 3.63) is 58.1 Å². The summed E-state index contributed by atoms with van der Waals surface area (Å²) in [7, 11) is 0. The first-order valence-corrected chi connectivity index (χ1v) is 8.58. The highest BCUT2D eigenvalue weighted by molar-refractivity contribution is 6.32. The lowest BCUT2D eigenvalue weighted by atomic mass is 10.1. The predicted molar refractivity (Wildman–Crippen MR) is 102 cm³/mol. The fourth-order valence-electron chi connectivity index (χ4n) is 2.21. The molecule has 0 aromatic heterocycles. The molecule has 1 atom stereocenters. The average molecular weight is 387 g/mol. The molecule has 0 aliphatic carbocycles. The number of nitriles is 1. The molecular weight excluding hydrogens is 368 g/mol. The van der Waals surface area contributed by atoms with E-state index in [0.29, 0.717) is 17.0 Å². The van der Waals surface area contributed by atoms with Crippen LogP contribution in [0, 0.1) is 25.2 Å². The maximum Gasteiger partial charge on any atom is 0.344 e. The number of benzene rings is 2. The van der Waals surface area contributed by atoms with Gasteiger partial charge in [-0.3, -0.25) is 4.79 Å². The zero-order valence-corrected chi connectivity index (χ0v) is 16.0. The summed E-state index contributed by atoms with van der Waals surface area (Å²) >= 11 is 5.92. The van der Waals surface area contributed by atoms with E-state index in [1.165, 1.54) is 19.1 Å². The highest BCUT2D eigenvalue weighted by atomic mass is 35.5. The Kier molecular flexibility index (Phi) is 6.80. The van der Waals surface area contributed by atoms with Crippen LogP contribution in [0.4, 0.5) is 5.69 Å². The Morgan fingerprint density at radius 3 is 2.63 bits per heavy atom. The van der Waals surface area contributed by atoms with Gasteiger partial charge in [0.1, 0.15) is 11.8 Å². The van der Waals surface area contributed by atoms with Crippen molar-refractivity contribution >= 4 is 29.2 Å². The third-order valence-electron chi connectivity index (χ3n) is 3.72. The summed E-state index contributed by atoms with van der Waals surface area (Å²) in [5.41, 5.74) is 2.62. The molecule has 0 bridgehead atoms. The Morgan fingerprint density at radius 1 is 1.22 bits per heavy atom. The number of hydrogen-bond acceptors (Lipinski definition) is 5. The first-order chi connectivity index (χ1) is 12.8. The highest BCUT2D eigenvalue weighted by Gasteiger charge is 2.19. The van der Waals surface area contributed by atoms with Crippen molar-refractivity contribution in [1.82, 2.24) is 0 Å². The van der Waals surface area contributed by atoms with E-state index >= 15 is 0 Å². The zero-order chi connectivity index (χ0) is 20.0. The molecule has 0 saturated heterocycles. The molecule has 0 aliphatic rings. The fourth-order valence-corrected chi connectivity index (χ4v) is 2.43. The van der Waals surface area contributed by atoms with Crippen molar-refractivity contribution in [3.8, 4) is 11.8 Å². The second kappa shape index (κ2) is 9.06. The molecule has 1 unspecified atom stereocenters. The molecule has 0 radical (unpaired) electrons. The smallest absolute Gasteiger partial charge is 0.344 e. The third kappa shape index (κ3) is 5.73. The summed E-state index contributed by atoms with van der Waals surface area (Å²) < 4.78 is 10.6. The van der Waals surface area contributed by atoms with Crippen LogP contribution in [0.15, 0.2) is 36.4 Å². The Morgan fingerprint density at radius 2 is 1.96 bits per heavy atom. The first kappa shape index (κ1) is 20.3. The molecule has 1 N–H and O–H groups in total. The minimum atomic E-state index is -1.02. The van der Waals surface area contributed by atoms with Crippen LogP contribution in [0.25, 0.3) is 0 Å². The van der Waals surface area contributed by atoms with Gasteiger partial charge in [0.15, 0.2) is 12.7 Å². The van der Waals surface area contributed by atoms with Crippen molar-refractivity contribution < 1.29 is 19.1 Å². The quantitative estimate of drug-likeness (QED) is 0.763. The van der Waals surface area contributed by atoms with Crippen LogP contribution in [0.1, 0.15) is 23.6 Å². The number of aryl methyl sites for hydroxylation is 2. The van der Waals surface area contributed by atoms with Gasteiger partial charge in [0, 0.05) is 5.69 Å². The molecule has 140 valence electrons. The summed E-state index contributed by atoms with van der Waals surface area (Å²) in [6.45, 7) is 4.95. The SMILES string of the molecule is Cc1ccc(C)c(OCC(=O)OC(C)C(=O)Nc2ccc(C#N)c(Cl)c2)c1. The number of amides is 1. The maximum atomic E-state index is 12.1. The third-order valence-corrected chi connectivity index (χ3v) is 4.04. The largest absolute Gasteiger partial charge is 0.482 e. The van der Waals surface area contributed by atoms with Crippen LogP contribution in [-0.4, -0.2) is 24.6 Å². The van der Waals surface area contributed by atoms with Gasteiger partial charge in [0.2, 0.25) is 0 Å². The number of carbonyl (C=O) groups is 2. The van der Waals surface area contributed by atoms with Gasteiger partial charge in [-0.25, -0.2) is 4.79 Å². The summed E-state index contributed by atoms with van der Waals surface area (Å²) in [5, 5.41) is 11.7. The Labute approximate surface area is 162 Å². The van der Waals surface area contributed by atoms with Gasteiger partial charge in [0.05, 0.1) is 10.6 Å². The molecule has 0 fully saturated rings. The van der Waals surface area contributed by atoms with E-state index in [-0.39, 0.29) is 11.6 Å². The van der Waals surface area contributed by atoms with Gasteiger partial charge in [-0.15, -0.1) is 0 Å². The normalized spacial score (nSPS) is 11.2. The maximum absolute atomic E-state index is 12.1. The Hall–Kier alpha value is -3.04. The summed E-state index contributed by atoms with van der Waals surface area (Å²) in [6, 6.07) is 12.1. The van der Waals surface area contributed by atoms with E-state index in [1.54, 1.807) is 6.07 Å². The number of nitrogens with zero attached hydrogens (tertiary/aromatic N) is 1. The monoisotopic (exact) mass is 386 g/mol. The van der Waals surface area contributed by atoms with Crippen molar-refractivity contribution in [3.63, 3.8) is 0 Å². The molecule has 0 aliphatic heterocycles. The molecule has 6 nitrogen and oxygen atoms in total. The lowest BCUT2D eigenvalue weighted by molar-refractivity contribution is -0.155. The van der Waals surface area contributed by atoms with Gasteiger partial charge >= 0.3 is 5.97 Å². The molecule has 2 aromatic rings. The van der Waals surface area contributed by atoms with Crippen LogP contribution >= 0.6 is 11.6 Å². The fraction of sp³-hybridized carbons (Fsp3) is 0.250. The zero-order valence-electron chi connectivity index (χ0n) is 15.2. The van der Waals surface area contributed by atoms with Gasteiger partial charge in [-0.2, -0.15) is 5.26 Å². The van der Waals surface area contributed by atoms with Crippen molar-refractivity contribution in [1.29, 1.82) is 5.26 Å². The summed E-state index contributed by atoms with van der Waals surface area (Å²) in [4.78, 5) is 24.1. The molecule has 7 heteroatoms. The lowest BCUT2D eigenvalue weighted by Crippen LogP contribution is -2.31. The van der Waals surface area contributed by atoms with Crippen molar-refractivity contribution in [2.24, 2.45) is 0 Å². The van der Waals surface area contributed by atoms with E-state index in [9.17, 15) is 9.59 Å². The Bertz CT molecular complexity index is 905. The van der Waals surface area contributed by atoms with E-state index in [1.807, 2.05) is 38.1 Å². The molecular formula is C20H19ClN2O4. The molecule has 27 heavy (non-hydrogen) atoms. The van der Waals surface area contributed by atoms with Gasteiger partial charge in [-0.05, 0) is 56.2 Å². The summed E-state index contributed by atoms with van der Waals surface area (Å²) in [6.07, 6.45) is -1.02. The molecule has 0 saturated carbocycles. The van der Waals surface area contributed by atoms with Gasteiger partial charge in [0.25, 0.3) is 5.91 Å². The van der Waals surface area contributed by atoms with E-state index < -0.39 is 18.0 Å². The highest BCUT2D eigenvalue weighted by Crippen LogP contribution is 2.21. The lowest BCUT2D eigenvalue weighted by Gasteiger charge is -2.15. The minimum Gasteiger partial charge on any atom is -0.482 e. The number of carbonyl (C=O) groups excluding carboxylic acids is 2. The van der Waals surface area contributed by atoms with E-state index in [0.717, 1.165) is 11.1 Å². The Balaban J connectivity index is 1.88. The number of esters is 1. The standard InChI is InChI=1S/C20H19ClN2O4/c1-12-4-5-13(2)18(8-12)26-11-19(24)27-14(3)20(25)23-16-7-6-15(10-22)17(21)9-16/h4-9,14H,11H2,1-3H3,(H,23,25). The number of anilines is 1. The second-order valence-electron chi connectivity index (χ2n) is 5.99. The number of halogens is 1. The van der Waals surface area contributed by atoms with Crippen molar-refractivity contribution in [2.45, 2.75) is 26.9 Å².